The fourth-order valence-electron chi connectivity index (χ4n) is 4.60. The Balaban J connectivity index is 1.26. The first kappa shape index (κ1) is 22.3. The number of carbonyl (C=O) groups excluding carboxylic acids is 1. The van der Waals surface area contributed by atoms with E-state index in [2.05, 4.69) is 32.2 Å². The van der Waals surface area contributed by atoms with Crippen molar-refractivity contribution < 1.29 is 22.7 Å². The third-order valence-electron chi connectivity index (χ3n) is 6.32. The summed E-state index contributed by atoms with van der Waals surface area (Å²) < 4.78 is 43.8. The standard InChI is InChI=1S/C24H24F3N5O2/c1-15-13-31(8-9-32(15)20-5-3-19(4-6-20)24(25,26)27)14-18-12-29-30-22(18)16-2-7-21-17(10-16)11-28-23(33)34-21/h2-7,10,12,15H,8-9,11,13-14H2,1H3,(H,28,33)(H,29,30). The van der Waals surface area contributed by atoms with E-state index in [9.17, 15) is 18.0 Å². The molecule has 1 saturated heterocycles. The highest BCUT2D eigenvalue weighted by Gasteiger charge is 2.31. The van der Waals surface area contributed by atoms with Crippen LogP contribution < -0.4 is 15.0 Å². The third kappa shape index (κ3) is 4.45. The monoisotopic (exact) mass is 471 g/mol. The molecule has 1 unspecified atom stereocenters. The molecular formula is C24H24F3N5O2. The number of amides is 1. The van der Waals surface area contributed by atoms with E-state index < -0.39 is 17.8 Å². The molecule has 5 rings (SSSR count). The minimum absolute atomic E-state index is 0.144. The van der Waals surface area contributed by atoms with E-state index in [4.69, 9.17) is 4.74 Å². The number of carbonyl (C=O) groups is 1. The smallest absolute Gasteiger partial charge is 0.410 e. The number of nitrogens with one attached hydrogen (secondary N) is 2. The number of alkyl halides is 3. The fraction of sp³-hybridized carbons (Fsp3) is 0.333. The molecule has 34 heavy (non-hydrogen) atoms. The van der Waals surface area contributed by atoms with Crippen LogP contribution in [0.5, 0.6) is 5.75 Å². The second-order valence-electron chi connectivity index (χ2n) is 8.66. The van der Waals surface area contributed by atoms with Crippen molar-refractivity contribution in [3.05, 3.63) is 65.4 Å². The number of halogens is 3. The highest BCUT2D eigenvalue weighted by atomic mass is 19.4. The summed E-state index contributed by atoms with van der Waals surface area (Å²) in [7, 11) is 0. The van der Waals surface area contributed by atoms with Gasteiger partial charge in [-0.15, -0.1) is 0 Å². The molecule has 2 aliphatic heterocycles. The van der Waals surface area contributed by atoms with Crippen molar-refractivity contribution in [3.8, 4) is 17.0 Å². The number of rotatable bonds is 4. The number of aromatic nitrogens is 2. The highest BCUT2D eigenvalue weighted by molar-refractivity contribution is 5.74. The number of benzene rings is 2. The van der Waals surface area contributed by atoms with Crippen LogP contribution in [-0.4, -0.2) is 46.9 Å². The summed E-state index contributed by atoms with van der Waals surface area (Å²) in [5.74, 6) is 0.557. The molecule has 0 radical (unpaired) electrons. The third-order valence-corrected chi connectivity index (χ3v) is 6.32. The Morgan fingerprint density at radius 2 is 1.94 bits per heavy atom. The molecule has 2 N–H and O–H groups in total. The van der Waals surface area contributed by atoms with Gasteiger partial charge in [0.25, 0.3) is 0 Å². The molecule has 1 fully saturated rings. The number of H-pyrrole nitrogens is 1. The van der Waals surface area contributed by atoms with Crippen LogP contribution in [0.1, 0.15) is 23.6 Å². The maximum atomic E-state index is 12.9. The zero-order valence-corrected chi connectivity index (χ0v) is 18.5. The minimum Gasteiger partial charge on any atom is -0.410 e. The number of nitrogens with zero attached hydrogens (tertiary/aromatic N) is 3. The van der Waals surface area contributed by atoms with Gasteiger partial charge in [-0.05, 0) is 49.4 Å². The van der Waals surface area contributed by atoms with Gasteiger partial charge in [-0.2, -0.15) is 18.3 Å². The van der Waals surface area contributed by atoms with Crippen LogP contribution in [0.4, 0.5) is 23.7 Å². The summed E-state index contributed by atoms with van der Waals surface area (Å²) in [6.07, 6.45) is -2.96. The first-order valence-electron chi connectivity index (χ1n) is 11.1. The second kappa shape index (κ2) is 8.68. The Labute approximate surface area is 194 Å². The molecule has 0 bridgehead atoms. The van der Waals surface area contributed by atoms with Crippen LogP contribution in [0.15, 0.2) is 48.7 Å². The Morgan fingerprint density at radius 3 is 2.68 bits per heavy atom. The Morgan fingerprint density at radius 1 is 1.15 bits per heavy atom. The van der Waals surface area contributed by atoms with Crippen molar-refractivity contribution in [2.45, 2.75) is 32.2 Å². The number of aromatic amines is 1. The zero-order chi connectivity index (χ0) is 23.9. The lowest BCUT2D eigenvalue weighted by atomic mass is 10.0. The van der Waals surface area contributed by atoms with E-state index in [0.29, 0.717) is 18.8 Å². The molecule has 3 heterocycles. The van der Waals surface area contributed by atoms with Crippen LogP contribution in [0, 0.1) is 0 Å². The molecule has 3 aromatic rings. The van der Waals surface area contributed by atoms with E-state index in [1.165, 1.54) is 0 Å². The number of hydrogen-bond donors (Lipinski definition) is 2. The lowest BCUT2D eigenvalue weighted by Gasteiger charge is -2.41. The zero-order valence-electron chi connectivity index (χ0n) is 18.5. The molecule has 0 saturated carbocycles. The van der Waals surface area contributed by atoms with Gasteiger partial charge >= 0.3 is 12.3 Å². The molecule has 178 valence electrons. The van der Waals surface area contributed by atoms with Crippen LogP contribution in [0.25, 0.3) is 11.3 Å². The van der Waals surface area contributed by atoms with Gasteiger partial charge < -0.3 is 15.0 Å². The summed E-state index contributed by atoms with van der Waals surface area (Å²) in [5, 5.41) is 9.99. The lowest BCUT2D eigenvalue weighted by molar-refractivity contribution is -0.137. The van der Waals surface area contributed by atoms with E-state index in [1.807, 2.05) is 18.3 Å². The Bertz CT molecular complexity index is 1190. The maximum Gasteiger partial charge on any atom is 0.416 e. The largest absolute Gasteiger partial charge is 0.416 e. The predicted molar refractivity (Wildman–Crippen MR) is 120 cm³/mol. The first-order chi connectivity index (χ1) is 16.3. The number of anilines is 1. The summed E-state index contributed by atoms with van der Waals surface area (Å²) in [6, 6.07) is 11.2. The fourth-order valence-corrected chi connectivity index (χ4v) is 4.60. The number of fused-ring (bicyclic) bond motifs is 1. The molecule has 0 spiro atoms. The van der Waals surface area contributed by atoms with Gasteiger partial charge in [0.1, 0.15) is 5.75 Å². The van der Waals surface area contributed by atoms with Gasteiger partial charge in [0, 0.05) is 61.1 Å². The molecule has 10 heteroatoms. The van der Waals surface area contributed by atoms with Crippen LogP contribution >= 0.6 is 0 Å². The van der Waals surface area contributed by atoms with Crippen LogP contribution in [0.3, 0.4) is 0 Å². The predicted octanol–water partition coefficient (Wildman–Crippen LogP) is 4.41. The highest BCUT2D eigenvalue weighted by Crippen LogP contribution is 2.32. The Hall–Kier alpha value is -3.53. The average molecular weight is 471 g/mol. The van der Waals surface area contributed by atoms with E-state index in [0.717, 1.165) is 59.8 Å². The molecule has 1 aromatic heterocycles. The number of piperazine rings is 1. The van der Waals surface area contributed by atoms with Gasteiger partial charge in [-0.25, -0.2) is 4.79 Å². The molecule has 7 nitrogen and oxygen atoms in total. The van der Waals surface area contributed by atoms with Gasteiger partial charge in [-0.1, -0.05) is 0 Å². The summed E-state index contributed by atoms with van der Waals surface area (Å²) >= 11 is 0. The molecule has 2 aliphatic rings. The number of hydrogen-bond acceptors (Lipinski definition) is 5. The van der Waals surface area contributed by atoms with Gasteiger partial charge in [0.15, 0.2) is 0 Å². The first-order valence-corrected chi connectivity index (χ1v) is 11.1. The van der Waals surface area contributed by atoms with Crippen molar-refractivity contribution in [1.82, 2.24) is 20.4 Å². The van der Waals surface area contributed by atoms with Crippen molar-refractivity contribution in [2.75, 3.05) is 24.5 Å². The van der Waals surface area contributed by atoms with E-state index in [1.54, 1.807) is 18.2 Å². The quantitative estimate of drug-likeness (QED) is 0.590. The SMILES string of the molecule is CC1CN(Cc2cn[nH]c2-c2ccc3c(c2)CNC(=O)O3)CCN1c1ccc(C(F)(F)F)cc1. The molecular weight excluding hydrogens is 447 g/mol. The van der Waals surface area contributed by atoms with Crippen molar-refractivity contribution >= 4 is 11.8 Å². The summed E-state index contributed by atoms with van der Waals surface area (Å²) in [4.78, 5) is 15.9. The maximum absolute atomic E-state index is 12.9. The van der Waals surface area contributed by atoms with E-state index in [-0.39, 0.29) is 6.04 Å². The van der Waals surface area contributed by atoms with Crippen LogP contribution in [-0.2, 0) is 19.3 Å². The molecule has 2 aromatic carbocycles. The van der Waals surface area contributed by atoms with E-state index >= 15 is 0 Å². The normalized spacial score (nSPS) is 18.9. The minimum atomic E-state index is -4.33. The van der Waals surface area contributed by atoms with Crippen molar-refractivity contribution in [3.63, 3.8) is 0 Å². The van der Waals surface area contributed by atoms with Gasteiger partial charge in [0.05, 0.1) is 17.5 Å². The van der Waals surface area contributed by atoms with Crippen molar-refractivity contribution in [2.24, 2.45) is 0 Å². The molecule has 1 atom stereocenters. The second-order valence-corrected chi connectivity index (χ2v) is 8.66. The van der Waals surface area contributed by atoms with Crippen LogP contribution in [0.2, 0.25) is 0 Å². The van der Waals surface area contributed by atoms with Gasteiger partial charge in [-0.3, -0.25) is 10.00 Å². The lowest BCUT2D eigenvalue weighted by Crippen LogP contribution is -2.51. The molecule has 1 amide bonds. The Kier molecular flexibility index (Phi) is 5.68. The van der Waals surface area contributed by atoms with Crippen molar-refractivity contribution in [1.29, 1.82) is 0 Å². The van der Waals surface area contributed by atoms with Gasteiger partial charge in [0.2, 0.25) is 0 Å². The average Bonchev–Trinajstić information content (AvgIpc) is 3.26. The summed E-state index contributed by atoms with van der Waals surface area (Å²) in [6.45, 7) is 5.46. The number of ether oxygens (including phenoxy) is 1. The molecule has 0 aliphatic carbocycles. The summed E-state index contributed by atoms with van der Waals surface area (Å²) in [5.41, 5.74) is 3.99. The topological polar surface area (TPSA) is 73.5 Å².